The van der Waals surface area contributed by atoms with Crippen LogP contribution in [-0.2, 0) is 0 Å². The van der Waals surface area contributed by atoms with Crippen molar-refractivity contribution in [3.63, 3.8) is 0 Å². The summed E-state index contributed by atoms with van der Waals surface area (Å²) < 4.78 is 10.2. The SMILES string of the molecule is COc1ccc(C=O)c(C(=O)N(C)C)c1OC. The molecular formula is C12H15NO4. The molecule has 0 bridgehead atoms. The maximum atomic E-state index is 12.0. The lowest BCUT2D eigenvalue weighted by Crippen LogP contribution is -2.23. The number of benzene rings is 1. The highest BCUT2D eigenvalue weighted by Gasteiger charge is 2.22. The first-order valence-corrected chi connectivity index (χ1v) is 4.98. The molecule has 0 heterocycles. The summed E-state index contributed by atoms with van der Waals surface area (Å²) in [6, 6.07) is 3.13. The Bertz CT molecular complexity index is 440. The van der Waals surface area contributed by atoms with Gasteiger partial charge in [-0.15, -0.1) is 0 Å². The smallest absolute Gasteiger partial charge is 0.257 e. The van der Waals surface area contributed by atoms with Crippen molar-refractivity contribution in [2.45, 2.75) is 0 Å². The number of hydrogen-bond acceptors (Lipinski definition) is 4. The fraction of sp³-hybridized carbons (Fsp3) is 0.333. The number of amides is 1. The zero-order valence-electron chi connectivity index (χ0n) is 10.3. The molecule has 0 N–H and O–H groups in total. The van der Waals surface area contributed by atoms with Gasteiger partial charge >= 0.3 is 0 Å². The third kappa shape index (κ3) is 2.38. The third-order valence-corrected chi connectivity index (χ3v) is 2.32. The molecule has 0 spiro atoms. The number of nitrogens with zero attached hydrogens (tertiary/aromatic N) is 1. The molecule has 1 aromatic carbocycles. The number of carbonyl (C=O) groups is 2. The van der Waals surface area contributed by atoms with Crippen LogP contribution in [0.1, 0.15) is 20.7 Å². The van der Waals surface area contributed by atoms with Crippen LogP contribution in [0, 0.1) is 0 Å². The van der Waals surface area contributed by atoms with Crippen molar-refractivity contribution in [2.24, 2.45) is 0 Å². The van der Waals surface area contributed by atoms with E-state index in [4.69, 9.17) is 9.47 Å². The van der Waals surface area contributed by atoms with Crippen LogP contribution in [0.15, 0.2) is 12.1 Å². The van der Waals surface area contributed by atoms with Gasteiger partial charge in [0.2, 0.25) is 0 Å². The largest absolute Gasteiger partial charge is 0.493 e. The first kappa shape index (κ1) is 13.0. The second kappa shape index (κ2) is 5.34. The molecule has 0 aliphatic heterocycles. The lowest BCUT2D eigenvalue weighted by atomic mass is 10.1. The number of methoxy groups -OCH3 is 2. The van der Waals surface area contributed by atoms with Gasteiger partial charge in [0.1, 0.15) is 0 Å². The first-order chi connectivity index (χ1) is 8.06. The van der Waals surface area contributed by atoms with E-state index in [9.17, 15) is 9.59 Å². The van der Waals surface area contributed by atoms with Crippen molar-refractivity contribution in [3.8, 4) is 11.5 Å². The van der Waals surface area contributed by atoms with Gasteiger partial charge in [0, 0.05) is 19.7 Å². The van der Waals surface area contributed by atoms with Crippen LogP contribution in [-0.4, -0.2) is 45.4 Å². The lowest BCUT2D eigenvalue weighted by Gasteiger charge is -2.17. The summed E-state index contributed by atoms with van der Waals surface area (Å²) in [6.07, 6.45) is 0.624. The molecule has 5 heteroatoms. The van der Waals surface area contributed by atoms with Crippen molar-refractivity contribution >= 4 is 12.2 Å². The Balaban J connectivity index is 3.50. The molecule has 0 aromatic heterocycles. The highest BCUT2D eigenvalue weighted by Crippen LogP contribution is 2.33. The maximum absolute atomic E-state index is 12.0. The lowest BCUT2D eigenvalue weighted by molar-refractivity contribution is 0.0820. The van der Waals surface area contributed by atoms with Crippen LogP contribution in [0.5, 0.6) is 11.5 Å². The molecule has 1 amide bonds. The van der Waals surface area contributed by atoms with Crippen LogP contribution >= 0.6 is 0 Å². The molecule has 1 rings (SSSR count). The van der Waals surface area contributed by atoms with Gasteiger partial charge in [-0.25, -0.2) is 0 Å². The van der Waals surface area contributed by atoms with Crippen LogP contribution in [0.3, 0.4) is 0 Å². The fourth-order valence-corrected chi connectivity index (χ4v) is 1.48. The summed E-state index contributed by atoms with van der Waals surface area (Å²) in [6.45, 7) is 0. The number of aldehydes is 1. The molecule has 0 unspecified atom stereocenters. The Morgan fingerprint density at radius 1 is 1.24 bits per heavy atom. The second-order valence-corrected chi connectivity index (χ2v) is 3.58. The Labute approximate surface area is 99.9 Å². The predicted octanol–water partition coefficient (Wildman–Crippen LogP) is 1.22. The average molecular weight is 237 g/mol. The number of rotatable bonds is 4. The van der Waals surface area contributed by atoms with Crippen molar-refractivity contribution in [1.29, 1.82) is 0 Å². The molecule has 0 aliphatic rings. The van der Waals surface area contributed by atoms with E-state index in [-0.39, 0.29) is 22.8 Å². The third-order valence-electron chi connectivity index (χ3n) is 2.32. The summed E-state index contributed by atoms with van der Waals surface area (Å²) in [5, 5.41) is 0. The minimum Gasteiger partial charge on any atom is -0.493 e. The van der Waals surface area contributed by atoms with Crippen molar-refractivity contribution in [3.05, 3.63) is 23.3 Å². The van der Waals surface area contributed by atoms with E-state index in [1.807, 2.05) is 0 Å². The number of hydrogen-bond donors (Lipinski definition) is 0. The fourth-order valence-electron chi connectivity index (χ4n) is 1.48. The highest BCUT2D eigenvalue weighted by molar-refractivity contribution is 6.04. The van der Waals surface area contributed by atoms with E-state index < -0.39 is 0 Å². The van der Waals surface area contributed by atoms with E-state index >= 15 is 0 Å². The van der Waals surface area contributed by atoms with Gasteiger partial charge in [0.25, 0.3) is 5.91 Å². The molecular weight excluding hydrogens is 222 g/mol. The number of ether oxygens (including phenoxy) is 2. The van der Waals surface area contributed by atoms with Gasteiger partial charge in [-0.1, -0.05) is 0 Å². The van der Waals surface area contributed by atoms with Gasteiger partial charge in [0.05, 0.1) is 19.8 Å². The zero-order valence-corrected chi connectivity index (χ0v) is 10.3. The second-order valence-electron chi connectivity index (χ2n) is 3.58. The molecule has 5 nitrogen and oxygen atoms in total. The Kier molecular flexibility index (Phi) is 4.09. The van der Waals surface area contributed by atoms with E-state index in [1.165, 1.54) is 25.2 Å². The van der Waals surface area contributed by atoms with E-state index in [1.54, 1.807) is 20.2 Å². The minimum absolute atomic E-state index is 0.215. The summed E-state index contributed by atoms with van der Waals surface area (Å²) in [5.41, 5.74) is 0.494. The summed E-state index contributed by atoms with van der Waals surface area (Å²) in [4.78, 5) is 24.3. The summed E-state index contributed by atoms with van der Waals surface area (Å²) in [7, 11) is 6.12. The summed E-state index contributed by atoms with van der Waals surface area (Å²) >= 11 is 0. The van der Waals surface area contributed by atoms with Crippen molar-refractivity contribution in [2.75, 3.05) is 28.3 Å². The molecule has 0 saturated carbocycles. The molecule has 0 saturated heterocycles. The Morgan fingerprint density at radius 3 is 2.29 bits per heavy atom. The monoisotopic (exact) mass is 237 g/mol. The number of carbonyl (C=O) groups excluding carboxylic acids is 2. The standard InChI is InChI=1S/C12H15NO4/c1-13(2)12(15)10-8(7-14)5-6-9(16-3)11(10)17-4/h5-7H,1-4H3. The van der Waals surface area contributed by atoms with Gasteiger partial charge in [-0.3, -0.25) is 9.59 Å². The Morgan fingerprint density at radius 2 is 1.88 bits per heavy atom. The topological polar surface area (TPSA) is 55.8 Å². The zero-order chi connectivity index (χ0) is 13.0. The molecule has 1 aromatic rings. The maximum Gasteiger partial charge on any atom is 0.257 e. The first-order valence-electron chi connectivity index (χ1n) is 4.98. The van der Waals surface area contributed by atoms with Crippen molar-refractivity contribution in [1.82, 2.24) is 4.90 Å². The van der Waals surface area contributed by atoms with Crippen LogP contribution in [0.4, 0.5) is 0 Å². The molecule has 0 aliphatic carbocycles. The molecule has 0 atom stereocenters. The van der Waals surface area contributed by atoms with Gasteiger partial charge in [-0.05, 0) is 12.1 Å². The minimum atomic E-state index is -0.303. The highest BCUT2D eigenvalue weighted by atomic mass is 16.5. The summed E-state index contributed by atoms with van der Waals surface area (Å²) in [5.74, 6) is 0.391. The molecule has 0 radical (unpaired) electrons. The molecule has 0 fully saturated rings. The van der Waals surface area contributed by atoms with Gasteiger partial charge in [-0.2, -0.15) is 0 Å². The van der Waals surface area contributed by atoms with Crippen molar-refractivity contribution < 1.29 is 19.1 Å². The molecule has 92 valence electrons. The predicted molar refractivity (Wildman–Crippen MR) is 63.0 cm³/mol. The van der Waals surface area contributed by atoms with Gasteiger partial charge < -0.3 is 14.4 Å². The van der Waals surface area contributed by atoms with Crippen LogP contribution in [0.25, 0.3) is 0 Å². The van der Waals surface area contributed by atoms with E-state index in [0.717, 1.165) is 0 Å². The normalized spacial score (nSPS) is 9.65. The van der Waals surface area contributed by atoms with E-state index in [2.05, 4.69) is 0 Å². The van der Waals surface area contributed by atoms with Gasteiger partial charge in [0.15, 0.2) is 17.8 Å². The average Bonchev–Trinajstić information content (AvgIpc) is 2.35. The van der Waals surface area contributed by atoms with Crippen LogP contribution < -0.4 is 9.47 Å². The Hall–Kier alpha value is -2.04. The van der Waals surface area contributed by atoms with E-state index in [0.29, 0.717) is 12.0 Å². The quantitative estimate of drug-likeness (QED) is 0.739. The molecule has 17 heavy (non-hydrogen) atoms. The van der Waals surface area contributed by atoms with Crippen LogP contribution in [0.2, 0.25) is 0 Å².